The first-order valence-electron chi connectivity index (χ1n) is 18.9. The van der Waals surface area contributed by atoms with Crippen molar-refractivity contribution in [1.29, 1.82) is 0 Å². The molecule has 0 aromatic heterocycles. The number of rotatable bonds is 7. The molecule has 8 rings (SSSR count). The topological polar surface area (TPSA) is 34.1 Å². The van der Waals surface area contributed by atoms with Crippen molar-refractivity contribution in [1.82, 2.24) is 0 Å². The molecule has 0 aliphatic heterocycles. The van der Waals surface area contributed by atoms with Crippen LogP contribution in [0.1, 0.15) is 38.8 Å². The third-order valence-electron chi connectivity index (χ3n) is 9.87. The van der Waals surface area contributed by atoms with Crippen LogP contribution < -0.4 is 31.8 Å². The number of aryl methyl sites for hydroxylation is 2. The Morgan fingerprint density at radius 1 is 0.315 bits per heavy atom. The van der Waals surface area contributed by atoms with E-state index < -0.39 is 14.3 Å². The second kappa shape index (κ2) is 16.8. The third kappa shape index (κ3) is 6.71. The quantitative estimate of drug-likeness (QED) is 0.152. The number of hydrogen-bond donors (Lipinski definition) is 0. The zero-order chi connectivity index (χ0) is 38.3. The Bertz CT molecular complexity index is 2330. The minimum absolute atomic E-state index is 0.744. The Hall–Kier alpha value is -5.26. The standard InChI is InChI=1S/C46H36O2P2.2C2H6/c1-33-31-43(49(47,35-19-7-3-8-20-35)36-21-9-4-10-22-36)45(41-29-17-15-27-39(33)41)46-42-30-18-16-28-40(42)34(2)32-44(46)50(48,37-23-11-5-12-24-37)38-25-13-6-14-26-38;2*1-2/h3-32H,1-2H3;2*1-2H3. The molecular weight excluding hydrogens is 694 g/mol. The van der Waals surface area contributed by atoms with Crippen molar-refractivity contribution in [2.45, 2.75) is 41.5 Å². The van der Waals surface area contributed by atoms with Crippen LogP contribution in [0.15, 0.2) is 182 Å². The molecule has 0 N–H and O–H groups in total. The van der Waals surface area contributed by atoms with Gasteiger partial charge in [-0.05, 0) is 58.7 Å². The fraction of sp³-hybridized carbons (Fsp3) is 0.120. The van der Waals surface area contributed by atoms with Crippen molar-refractivity contribution in [2.24, 2.45) is 0 Å². The van der Waals surface area contributed by atoms with Gasteiger partial charge in [0.1, 0.15) is 0 Å². The molecule has 0 aliphatic rings. The van der Waals surface area contributed by atoms with Crippen molar-refractivity contribution >= 4 is 67.7 Å². The van der Waals surface area contributed by atoms with E-state index in [1.807, 2.05) is 149 Å². The summed E-state index contributed by atoms with van der Waals surface area (Å²) in [5.41, 5.74) is 3.80. The number of benzene rings is 8. The Balaban J connectivity index is 0.00000120. The molecule has 0 spiro atoms. The predicted octanol–water partition coefficient (Wildman–Crippen LogP) is 11.6. The summed E-state index contributed by atoms with van der Waals surface area (Å²) in [6.45, 7) is 12.2. The van der Waals surface area contributed by atoms with Gasteiger partial charge in [-0.15, -0.1) is 0 Å². The summed E-state index contributed by atoms with van der Waals surface area (Å²) in [4.78, 5) is 0. The zero-order valence-electron chi connectivity index (χ0n) is 32.0. The van der Waals surface area contributed by atoms with E-state index >= 15 is 9.13 Å². The molecular formula is C50H48O2P2. The van der Waals surface area contributed by atoms with Crippen LogP contribution in [0.3, 0.4) is 0 Å². The molecule has 8 aromatic rings. The van der Waals surface area contributed by atoms with Gasteiger partial charge in [-0.2, -0.15) is 0 Å². The highest BCUT2D eigenvalue weighted by molar-refractivity contribution is 7.86. The Labute approximate surface area is 321 Å². The molecule has 270 valence electrons. The maximum atomic E-state index is 16.4. The highest BCUT2D eigenvalue weighted by atomic mass is 31.2. The third-order valence-corrected chi connectivity index (χ3v) is 16.0. The maximum Gasteiger partial charge on any atom is 0.171 e. The van der Waals surface area contributed by atoms with Gasteiger partial charge >= 0.3 is 0 Å². The van der Waals surface area contributed by atoms with Gasteiger partial charge in [0.25, 0.3) is 0 Å². The molecule has 0 amide bonds. The summed E-state index contributed by atoms with van der Waals surface area (Å²) in [5.74, 6) is 0. The van der Waals surface area contributed by atoms with E-state index in [-0.39, 0.29) is 0 Å². The lowest BCUT2D eigenvalue weighted by atomic mass is 9.90. The van der Waals surface area contributed by atoms with Gasteiger partial charge in [0.2, 0.25) is 0 Å². The summed E-state index contributed by atoms with van der Waals surface area (Å²) in [5, 5.41) is 8.64. The minimum Gasteiger partial charge on any atom is -0.309 e. The first kappa shape index (κ1) is 38.5. The van der Waals surface area contributed by atoms with Crippen LogP contribution in [-0.2, 0) is 9.13 Å². The maximum absolute atomic E-state index is 16.4. The largest absolute Gasteiger partial charge is 0.309 e. The average molecular weight is 743 g/mol. The molecule has 0 saturated carbocycles. The Morgan fingerprint density at radius 3 is 0.796 bits per heavy atom. The molecule has 0 radical (unpaired) electrons. The van der Waals surface area contributed by atoms with Crippen LogP contribution in [0.5, 0.6) is 0 Å². The Kier molecular flexibility index (Phi) is 12.0. The molecule has 0 heterocycles. The van der Waals surface area contributed by atoms with Gasteiger partial charge in [-0.1, -0.05) is 198 Å². The van der Waals surface area contributed by atoms with Crippen LogP contribution >= 0.6 is 14.3 Å². The molecule has 2 nitrogen and oxygen atoms in total. The van der Waals surface area contributed by atoms with Gasteiger partial charge in [0.05, 0.1) is 0 Å². The predicted molar refractivity (Wildman–Crippen MR) is 238 cm³/mol. The second-order valence-electron chi connectivity index (χ2n) is 12.8. The lowest BCUT2D eigenvalue weighted by Crippen LogP contribution is -2.30. The van der Waals surface area contributed by atoms with Crippen LogP contribution in [0.4, 0.5) is 0 Å². The molecule has 0 saturated heterocycles. The molecule has 0 unspecified atom stereocenters. The highest BCUT2D eigenvalue weighted by Gasteiger charge is 2.38. The number of fused-ring (bicyclic) bond motifs is 2. The van der Waals surface area contributed by atoms with Crippen molar-refractivity contribution in [2.75, 3.05) is 0 Å². The normalized spacial score (nSPS) is 11.3. The van der Waals surface area contributed by atoms with E-state index in [0.717, 1.165) is 75.6 Å². The van der Waals surface area contributed by atoms with E-state index in [1.54, 1.807) is 0 Å². The summed E-state index contributed by atoms with van der Waals surface area (Å²) in [6.07, 6.45) is 0. The molecule has 8 aromatic carbocycles. The average Bonchev–Trinajstić information content (AvgIpc) is 3.26. The zero-order valence-corrected chi connectivity index (χ0v) is 33.8. The molecule has 4 heteroatoms. The summed E-state index contributed by atoms with van der Waals surface area (Å²) in [7, 11) is -7.01. The van der Waals surface area contributed by atoms with E-state index in [2.05, 4.69) is 74.5 Å². The fourth-order valence-corrected chi connectivity index (χ4v) is 13.4. The van der Waals surface area contributed by atoms with E-state index in [9.17, 15) is 0 Å². The molecule has 0 aliphatic carbocycles. The SMILES string of the molecule is CC.CC.Cc1cc(P(=O)(c2ccccc2)c2ccccc2)c(-c2c(P(=O)(c3ccccc3)c3ccccc3)cc(C)c3ccccc23)c2ccccc12. The van der Waals surface area contributed by atoms with Crippen molar-refractivity contribution < 1.29 is 9.13 Å². The molecule has 0 bridgehead atoms. The fourth-order valence-electron chi connectivity index (χ4n) is 7.50. The highest BCUT2D eigenvalue weighted by Crippen LogP contribution is 2.52. The molecule has 54 heavy (non-hydrogen) atoms. The van der Waals surface area contributed by atoms with Crippen molar-refractivity contribution in [3.8, 4) is 11.1 Å². The first-order chi connectivity index (χ1) is 26.4. The summed E-state index contributed by atoms with van der Waals surface area (Å²) in [6, 6.07) is 60.4. The van der Waals surface area contributed by atoms with Gasteiger partial charge in [-0.25, -0.2) is 0 Å². The van der Waals surface area contributed by atoms with Crippen LogP contribution in [-0.4, -0.2) is 0 Å². The van der Waals surface area contributed by atoms with E-state index in [0.29, 0.717) is 0 Å². The van der Waals surface area contributed by atoms with Crippen LogP contribution in [0, 0.1) is 13.8 Å². The first-order valence-corrected chi connectivity index (χ1v) is 22.3. The van der Waals surface area contributed by atoms with Crippen molar-refractivity contribution in [3.05, 3.63) is 193 Å². The summed E-state index contributed by atoms with van der Waals surface area (Å²) < 4.78 is 32.9. The van der Waals surface area contributed by atoms with Crippen LogP contribution in [0.25, 0.3) is 32.7 Å². The van der Waals surface area contributed by atoms with Crippen molar-refractivity contribution in [3.63, 3.8) is 0 Å². The lowest BCUT2D eigenvalue weighted by molar-refractivity contribution is 0.591. The van der Waals surface area contributed by atoms with Crippen LogP contribution in [0.2, 0.25) is 0 Å². The van der Waals surface area contributed by atoms with Gasteiger partial charge < -0.3 is 9.13 Å². The van der Waals surface area contributed by atoms with Gasteiger partial charge in [0, 0.05) is 43.0 Å². The molecule has 0 fully saturated rings. The van der Waals surface area contributed by atoms with Gasteiger partial charge in [0.15, 0.2) is 14.3 Å². The van der Waals surface area contributed by atoms with E-state index in [4.69, 9.17) is 0 Å². The lowest BCUT2D eigenvalue weighted by Gasteiger charge is -2.29. The monoisotopic (exact) mass is 742 g/mol. The second-order valence-corrected chi connectivity index (χ2v) is 18.3. The molecule has 0 atom stereocenters. The van der Waals surface area contributed by atoms with E-state index in [1.165, 1.54) is 0 Å². The summed E-state index contributed by atoms with van der Waals surface area (Å²) >= 11 is 0. The minimum atomic E-state index is -3.51. The smallest absolute Gasteiger partial charge is 0.171 e. The van der Waals surface area contributed by atoms with Gasteiger partial charge in [-0.3, -0.25) is 0 Å². The Morgan fingerprint density at radius 2 is 0.537 bits per heavy atom. The number of hydrogen-bond acceptors (Lipinski definition) is 2.